The molecule has 1 aromatic carbocycles. The molecule has 30 heavy (non-hydrogen) atoms. The lowest BCUT2D eigenvalue weighted by Gasteiger charge is -2.17. The number of ketones is 1. The van der Waals surface area contributed by atoms with Gasteiger partial charge in [-0.15, -0.1) is 0 Å². The maximum absolute atomic E-state index is 13.3. The molecule has 2 rings (SSSR count). The highest BCUT2D eigenvalue weighted by atomic mass is 32.2. The summed E-state index contributed by atoms with van der Waals surface area (Å²) in [5.74, 6) is -0.962. The molecule has 0 radical (unpaired) electrons. The van der Waals surface area contributed by atoms with Gasteiger partial charge in [-0.2, -0.15) is 13.5 Å². The van der Waals surface area contributed by atoms with Crippen LogP contribution in [0.2, 0.25) is 0 Å². The molecule has 0 aliphatic rings. The predicted octanol–water partition coefficient (Wildman–Crippen LogP) is 2.90. The van der Waals surface area contributed by atoms with Crippen LogP contribution in [0.15, 0.2) is 28.8 Å². The number of carbonyl (C=O) groups is 1. The lowest BCUT2D eigenvalue weighted by atomic mass is 9.91. The fourth-order valence-electron chi connectivity index (χ4n) is 2.96. The highest BCUT2D eigenvalue weighted by molar-refractivity contribution is 7.90. The number of aromatic nitrogens is 2. The topological polar surface area (TPSA) is 112 Å². The van der Waals surface area contributed by atoms with Gasteiger partial charge >= 0.3 is 10.1 Å². The number of sulfone groups is 1. The monoisotopic (exact) mass is 454 g/mol. The first-order chi connectivity index (χ1) is 13.7. The van der Waals surface area contributed by atoms with Gasteiger partial charge in [-0.1, -0.05) is 5.57 Å². The Hall–Kier alpha value is -2.46. The SMILES string of the molecule is CCS(=O)(=O)Oc1c(C(=O)c2ccc(S(C)(=O)=O)c(C(C)=C(C)C)c2C)cnn1C. The molecule has 0 aliphatic carbocycles. The molecule has 0 N–H and O–H groups in total. The Labute approximate surface area is 177 Å². The smallest absolute Gasteiger partial charge is 0.310 e. The van der Waals surface area contributed by atoms with Gasteiger partial charge in [-0.3, -0.25) is 4.79 Å². The number of benzene rings is 1. The third kappa shape index (κ3) is 4.65. The van der Waals surface area contributed by atoms with E-state index in [1.165, 1.54) is 37.0 Å². The summed E-state index contributed by atoms with van der Waals surface area (Å²) in [4.78, 5) is 13.4. The molecule has 0 unspecified atom stereocenters. The van der Waals surface area contributed by atoms with E-state index in [9.17, 15) is 21.6 Å². The van der Waals surface area contributed by atoms with E-state index in [2.05, 4.69) is 5.10 Å². The van der Waals surface area contributed by atoms with E-state index in [0.717, 1.165) is 17.4 Å². The van der Waals surface area contributed by atoms with Gasteiger partial charge < -0.3 is 4.18 Å². The highest BCUT2D eigenvalue weighted by Crippen LogP contribution is 2.33. The van der Waals surface area contributed by atoms with Crippen molar-refractivity contribution in [1.82, 2.24) is 9.78 Å². The van der Waals surface area contributed by atoms with Crippen molar-refractivity contribution in [1.29, 1.82) is 0 Å². The van der Waals surface area contributed by atoms with Crippen molar-refractivity contribution in [2.45, 2.75) is 39.5 Å². The summed E-state index contributed by atoms with van der Waals surface area (Å²) in [5.41, 5.74) is 2.83. The zero-order chi connectivity index (χ0) is 23.0. The zero-order valence-electron chi connectivity index (χ0n) is 18.1. The molecule has 2 aromatic rings. The molecule has 0 spiro atoms. The lowest BCUT2D eigenvalue weighted by Crippen LogP contribution is -2.16. The van der Waals surface area contributed by atoms with E-state index in [4.69, 9.17) is 4.18 Å². The standard InChI is InChI=1S/C20H26N2O6S2/c1-8-30(26,27)28-20-16(11-21-22(20)6)19(23)15-9-10-17(29(7,24)25)18(14(15)5)13(4)12(2)3/h9-11H,8H2,1-7H3. The van der Waals surface area contributed by atoms with Crippen LogP contribution >= 0.6 is 0 Å². The Morgan fingerprint density at radius 3 is 2.20 bits per heavy atom. The second-order valence-electron chi connectivity index (χ2n) is 7.25. The number of aryl methyl sites for hydroxylation is 1. The van der Waals surface area contributed by atoms with E-state index >= 15 is 0 Å². The third-order valence-corrected chi connectivity index (χ3v) is 7.14. The number of allylic oxidation sites excluding steroid dienone is 2. The zero-order valence-corrected chi connectivity index (χ0v) is 19.7. The van der Waals surface area contributed by atoms with E-state index in [-0.39, 0.29) is 27.7 Å². The Morgan fingerprint density at radius 2 is 1.70 bits per heavy atom. The average Bonchev–Trinajstić information content (AvgIpc) is 2.99. The fraction of sp³-hybridized carbons (Fsp3) is 0.400. The summed E-state index contributed by atoms with van der Waals surface area (Å²) in [5, 5.41) is 3.96. The highest BCUT2D eigenvalue weighted by Gasteiger charge is 2.27. The van der Waals surface area contributed by atoms with E-state index in [1.54, 1.807) is 13.8 Å². The predicted molar refractivity (Wildman–Crippen MR) is 115 cm³/mol. The van der Waals surface area contributed by atoms with Crippen molar-refractivity contribution in [2.75, 3.05) is 12.0 Å². The van der Waals surface area contributed by atoms with Crippen molar-refractivity contribution >= 4 is 31.3 Å². The van der Waals surface area contributed by atoms with Crippen LogP contribution in [0, 0.1) is 6.92 Å². The first kappa shape index (κ1) is 23.8. The molecule has 0 saturated heterocycles. The van der Waals surface area contributed by atoms with Crippen LogP contribution in [0.3, 0.4) is 0 Å². The molecule has 1 heterocycles. The first-order valence-electron chi connectivity index (χ1n) is 9.18. The number of rotatable bonds is 7. The fourth-order valence-corrected chi connectivity index (χ4v) is 4.51. The molecule has 0 aliphatic heterocycles. The van der Waals surface area contributed by atoms with Crippen LogP contribution in [0.4, 0.5) is 0 Å². The third-order valence-electron chi connectivity index (χ3n) is 4.88. The summed E-state index contributed by atoms with van der Waals surface area (Å²) in [6.45, 7) is 8.61. The van der Waals surface area contributed by atoms with Crippen LogP contribution < -0.4 is 4.18 Å². The van der Waals surface area contributed by atoms with Crippen molar-refractivity contribution in [2.24, 2.45) is 7.05 Å². The van der Waals surface area contributed by atoms with Gasteiger partial charge in [0.2, 0.25) is 5.88 Å². The second-order valence-corrected chi connectivity index (χ2v) is 11.1. The summed E-state index contributed by atoms with van der Waals surface area (Å²) in [6.07, 6.45) is 2.36. The van der Waals surface area contributed by atoms with Gasteiger partial charge in [0, 0.05) is 18.9 Å². The van der Waals surface area contributed by atoms with Crippen LogP contribution in [0.5, 0.6) is 5.88 Å². The van der Waals surface area contributed by atoms with Gasteiger partial charge in [-0.05, 0) is 63.5 Å². The van der Waals surface area contributed by atoms with Crippen molar-refractivity contribution in [3.8, 4) is 5.88 Å². The molecule has 10 heteroatoms. The Balaban J connectivity index is 2.75. The van der Waals surface area contributed by atoms with Gasteiger partial charge in [-0.25, -0.2) is 13.1 Å². The summed E-state index contributed by atoms with van der Waals surface area (Å²) >= 11 is 0. The van der Waals surface area contributed by atoms with Crippen LogP contribution in [0.1, 0.15) is 54.7 Å². The van der Waals surface area contributed by atoms with Gasteiger partial charge in [0.25, 0.3) is 0 Å². The Kier molecular flexibility index (Phi) is 6.63. The largest absolute Gasteiger partial charge is 0.361 e. The molecular formula is C20H26N2O6S2. The maximum atomic E-state index is 13.3. The molecule has 1 aromatic heterocycles. The molecule has 8 nitrogen and oxygen atoms in total. The molecule has 0 bridgehead atoms. The molecule has 164 valence electrons. The van der Waals surface area contributed by atoms with Crippen LogP contribution in [0.25, 0.3) is 5.57 Å². The van der Waals surface area contributed by atoms with Gasteiger partial charge in [0.05, 0.1) is 16.8 Å². The summed E-state index contributed by atoms with van der Waals surface area (Å²) < 4.78 is 54.7. The lowest BCUT2D eigenvalue weighted by molar-refractivity contribution is 0.103. The average molecular weight is 455 g/mol. The van der Waals surface area contributed by atoms with Crippen LogP contribution in [-0.4, -0.2) is 44.4 Å². The van der Waals surface area contributed by atoms with E-state index in [1.807, 2.05) is 13.8 Å². The summed E-state index contributed by atoms with van der Waals surface area (Å²) in [7, 11) is -5.94. The van der Waals surface area contributed by atoms with E-state index < -0.39 is 25.7 Å². The Bertz CT molecular complexity index is 1250. The molecule has 0 saturated carbocycles. The summed E-state index contributed by atoms with van der Waals surface area (Å²) in [6, 6.07) is 2.83. The normalized spacial score (nSPS) is 12.0. The maximum Gasteiger partial charge on any atom is 0.310 e. The molecule has 0 fully saturated rings. The molecular weight excluding hydrogens is 428 g/mol. The van der Waals surface area contributed by atoms with Gasteiger partial charge in [0.15, 0.2) is 15.6 Å². The minimum absolute atomic E-state index is 0.0227. The number of hydrogen-bond donors (Lipinski definition) is 0. The number of nitrogens with zero attached hydrogens (tertiary/aromatic N) is 2. The van der Waals surface area contributed by atoms with Crippen molar-refractivity contribution in [3.05, 3.63) is 46.2 Å². The van der Waals surface area contributed by atoms with Crippen LogP contribution in [-0.2, 0) is 27.0 Å². The minimum atomic E-state index is -3.87. The molecule has 0 amide bonds. The number of carbonyl (C=O) groups excluding carboxylic acids is 1. The molecule has 0 atom stereocenters. The Morgan fingerprint density at radius 1 is 1.10 bits per heavy atom. The first-order valence-corrected chi connectivity index (χ1v) is 12.6. The minimum Gasteiger partial charge on any atom is -0.361 e. The van der Waals surface area contributed by atoms with Crippen molar-refractivity contribution < 1.29 is 25.8 Å². The second kappa shape index (κ2) is 8.35. The quantitative estimate of drug-likeness (QED) is 0.467. The van der Waals surface area contributed by atoms with E-state index in [0.29, 0.717) is 11.1 Å². The van der Waals surface area contributed by atoms with Crippen molar-refractivity contribution in [3.63, 3.8) is 0 Å². The number of hydrogen-bond acceptors (Lipinski definition) is 7. The van der Waals surface area contributed by atoms with Gasteiger partial charge in [0.1, 0.15) is 5.56 Å².